The van der Waals surface area contributed by atoms with Gasteiger partial charge in [-0.3, -0.25) is 19.5 Å². The van der Waals surface area contributed by atoms with Crippen LogP contribution in [0.4, 0.5) is 14.5 Å². The van der Waals surface area contributed by atoms with Crippen molar-refractivity contribution >= 4 is 17.4 Å². The number of hydrogen-bond donors (Lipinski definition) is 1. The number of ketones is 1. The van der Waals surface area contributed by atoms with Gasteiger partial charge < -0.3 is 5.11 Å². The van der Waals surface area contributed by atoms with Gasteiger partial charge in [0.25, 0.3) is 5.91 Å². The zero-order valence-electron chi connectivity index (χ0n) is 14.8. The molecule has 1 aromatic heterocycles. The van der Waals surface area contributed by atoms with Crippen LogP contribution < -0.4 is 4.90 Å². The summed E-state index contributed by atoms with van der Waals surface area (Å²) in [5.74, 6) is -3.74. The van der Waals surface area contributed by atoms with Crippen molar-refractivity contribution in [3.8, 4) is 0 Å². The van der Waals surface area contributed by atoms with Gasteiger partial charge in [-0.2, -0.15) is 0 Å². The van der Waals surface area contributed by atoms with Gasteiger partial charge in [0, 0.05) is 24.9 Å². The lowest BCUT2D eigenvalue weighted by molar-refractivity contribution is -0.118. The van der Waals surface area contributed by atoms with Crippen LogP contribution in [0.2, 0.25) is 0 Å². The van der Waals surface area contributed by atoms with E-state index in [9.17, 15) is 23.5 Å². The lowest BCUT2D eigenvalue weighted by Gasteiger charge is -2.27. The van der Waals surface area contributed by atoms with Gasteiger partial charge in [-0.1, -0.05) is 19.9 Å². The maximum Gasteiger partial charge on any atom is 0.294 e. The van der Waals surface area contributed by atoms with Gasteiger partial charge >= 0.3 is 0 Å². The Morgan fingerprint density at radius 1 is 1.30 bits per heavy atom. The van der Waals surface area contributed by atoms with E-state index in [4.69, 9.17) is 0 Å². The summed E-state index contributed by atoms with van der Waals surface area (Å²) in [6.07, 6.45) is 3.03. The zero-order chi connectivity index (χ0) is 19.7. The quantitative estimate of drug-likeness (QED) is 0.865. The van der Waals surface area contributed by atoms with Crippen LogP contribution in [0.1, 0.15) is 31.9 Å². The van der Waals surface area contributed by atoms with Gasteiger partial charge in [0.05, 0.1) is 17.3 Å². The summed E-state index contributed by atoms with van der Waals surface area (Å²) in [5, 5.41) is 10.4. The molecule has 3 rings (SSSR count). The fraction of sp³-hybridized carbons (Fsp3) is 0.250. The largest absolute Gasteiger partial charge is 0.503 e. The molecule has 27 heavy (non-hydrogen) atoms. The van der Waals surface area contributed by atoms with Crippen LogP contribution in [0.15, 0.2) is 54.1 Å². The number of amides is 1. The number of pyridine rings is 1. The van der Waals surface area contributed by atoms with E-state index in [2.05, 4.69) is 4.98 Å². The fourth-order valence-electron chi connectivity index (χ4n) is 3.14. The molecular formula is C20H18F2N2O3. The van der Waals surface area contributed by atoms with E-state index >= 15 is 0 Å². The summed E-state index contributed by atoms with van der Waals surface area (Å²) < 4.78 is 28.1. The molecule has 140 valence electrons. The van der Waals surface area contributed by atoms with Gasteiger partial charge in [0.2, 0.25) is 0 Å². The molecule has 2 heterocycles. The molecule has 1 atom stereocenters. The molecule has 0 aliphatic carbocycles. The minimum Gasteiger partial charge on any atom is -0.503 e. The minimum atomic E-state index is -1.09. The molecule has 0 bridgehead atoms. The number of rotatable bonds is 5. The highest BCUT2D eigenvalue weighted by atomic mass is 19.1. The molecule has 0 saturated carbocycles. The highest BCUT2D eigenvalue weighted by Gasteiger charge is 2.45. The molecule has 1 aromatic carbocycles. The average molecular weight is 372 g/mol. The Bertz CT molecular complexity index is 926. The number of aromatic nitrogens is 1. The second kappa shape index (κ2) is 7.26. The van der Waals surface area contributed by atoms with Crippen molar-refractivity contribution in [1.29, 1.82) is 0 Å². The summed E-state index contributed by atoms with van der Waals surface area (Å²) in [6, 6.07) is 4.80. The van der Waals surface area contributed by atoms with Gasteiger partial charge in [-0.15, -0.1) is 0 Å². The van der Waals surface area contributed by atoms with Crippen LogP contribution in [-0.4, -0.2) is 21.8 Å². The molecule has 7 heteroatoms. The standard InChI is InChI=1S/C20H18F2N2O3/c1-11(2)8-16(25)17-18(12-4-3-7-23-10-12)24(20(27)19(17)26)15-9-13(21)5-6-14(15)22/h3-7,9-11,18,26H,8H2,1-2H3. The van der Waals surface area contributed by atoms with Crippen molar-refractivity contribution < 1.29 is 23.5 Å². The molecule has 1 N–H and O–H groups in total. The van der Waals surface area contributed by atoms with Crippen molar-refractivity contribution in [2.75, 3.05) is 4.90 Å². The Labute approximate surface area is 155 Å². The van der Waals surface area contributed by atoms with Crippen molar-refractivity contribution in [3.63, 3.8) is 0 Å². The lowest BCUT2D eigenvalue weighted by atomic mass is 9.92. The van der Waals surface area contributed by atoms with Crippen LogP contribution >= 0.6 is 0 Å². The molecule has 1 unspecified atom stereocenters. The molecule has 0 fully saturated rings. The Morgan fingerprint density at radius 3 is 2.67 bits per heavy atom. The van der Waals surface area contributed by atoms with Crippen LogP contribution in [0.3, 0.4) is 0 Å². The Hall–Kier alpha value is -3.09. The number of hydrogen-bond acceptors (Lipinski definition) is 4. The number of carbonyl (C=O) groups excluding carboxylic acids is 2. The van der Waals surface area contributed by atoms with Crippen LogP contribution in [0.25, 0.3) is 0 Å². The number of carbonyl (C=O) groups is 2. The zero-order valence-corrected chi connectivity index (χ0v) is 14.8. The second-order valence-electron chi connectivity index (χ2n) is 6.74. The first-order valence-electron chi connectivity index (χ1n) is 8.46. The lowest BCUT2D eigenvalue weighted by Crippen LogP contribution is -2.32. The number of Topliss-reactive ketones (excluding diaryl/α,β-unsaturated/α-hetero) is 1. The highest BCUT2D eigenvalue weighted by Crippen LogP contribution is 2.42. The molecule has 1 aliphatic heterocycles. The van der Waals surface area contributed by atoms with Crippen LogP contribution in [-0.2, 0) is 9.59 Å². The fourth-order valence-corrected chi connectivity index (χ4v) is 3.14. The average Bonchev–Trinajstić information content (AvgIpc) is 2.89. The molecule has 0 saturated heterocycles. The van der Waals surface area contributed by atoms with Gasteiger partial charge in [0.1, 0.15) is 11.6 Å². The first-order chi connectivity index (χ1) is 12.8. The maximum atomic E-state index is 14.4. The number of aliphatic hydroxyl groups excluding tert-OH is 1. The Kier molecular flexibility index (Phi) is 5.03. The predicted molar refractivity (Wildman–Crippen MR) is 94.9 cm³/mol. The molecular weight excluding hydrogens is 354 g/mol. The van der Waals surface area contributed by atoms with E-state index in [1.165, 1.54) is 12.4 Å². The highest BCUT2D eigenvalue weighted by molar-refractivity contribution is 6.16. The van der Waals surface area contributed by atoms with E-state index in [0.717, 1.165) is 23.1 Å². The second-order valence-corrected chi connectivity index (χ2v) is 6.74. The normalized spacial score (nSPS) is 17.1. The van der Waals surface area contributed by atoms with Crippen molar-refractivity contribution in [1.82, 2.24) is 4.98 Å². The number of anilines is 1. The number of benzene rings is 1. The van der Waals surface area contributed by atoms with E-state index in [1.807, 2.05) is 13.8 Å². The Morgan fingerprint density at radius 2 is 2.04 bits per heavy atom. The number of nitrogens with zero attached hydrogens (tertiary/aromatic N) is 2. The third-order valence-electron chi connectivity index (χ3n) is 4.27. The third-order valence-corrected chi connectivity index (χ3v) is 4.27. The first kappa shape index (κ1) is 18.7. The van der Waals surface area contributed by atoms with E-state index < -0.39 is 35.1 Å². The molecule has 0 radical (unpaired) electrons. The minimum absolute atomic E-state index is 0.0117. The summed E-state index contributed by atoms with van der Waals surface area (Å²) in [7, 11) is 0. The third kappa shape index (κ3) is 3.45. The monoisotopic (exact) mass is 372 g/mol. The molecule has 0 spiro atoms. The summed E-state index contributed by atoms with van der Waals surface area (Å²) >= 11 is 0. The Balaban J connectivity index is 2.18. The maximum absolute atomic E-state index is 14.4. The molecule has 1 amide bonds. The van der Waals surface area contributed by atoms with E-state index in [-0.39, 0.29) is 23.6 Å². The first-order valence-corrected chi connectivity index (χ1v) is 8.46. The smallest absolute Gasteiger partial charge is 0.294 e. The predicted octanol–water partition coefficient (Wildman–Crippen LogP) is 3.88. The number of halogens is 2. The van der Waals surface area contributed by atoms with Gasteiger partial charge in [-0.25, -0.2) is 8.78 Å². The van der Waals surface area contributed by atoms with Crippen LogP contribution in [0.5, 0.6) is 0 Å². The molecule has 2 aromatic rings. The summed E-state index contributed by atoms with van der Waals surface area (Å²) in [5.41, 5.74) is -0.0798. The SMILES string of the molecule is CC(C)CC(=O)C1=C(O)C(=O)N(c2cc(F)ccc2F)C1c1cccnc1. The summed E-state index contributed by atoms with van der Waals surface area (Å²) in [6.45, 7) is 3.66. The van der Waals surface area contributed by atoms with E-state index in [1.54, 1.807) is 12.1 Å². The van der Waals surface area contributed by atoms with E-state index in [0.29, 0.717) is 5.56 Å². The van der Waals surface area contributed by atoms with Crippen molar-refractivity contribution in [2.24, 2.45) is 5.92 Å². The van der Waals surface area contributed by atoms with Gasteiger partial charge in [-0.05, 0) is 29.7 Å². The molecule has 1 aliphatic rings. The number of aliphatic hydroxyl groups is 1. The van der Waals surface area contributed by atoms with Gasteiger partial charge in [0.15, 0.2) is 11.5 Å². The molecule has 5 nitrogen and oxygen atoms in total. The van der Waals surface area contributed by atoms with Crippen LogP contribution in [0, 0.1) is 17.6 Å². The van der Waals surface area contributed by atoms with Crippen molar-refractivity contribution in [2.45, 2.75) is 26.3 Å². The van der Waals surface area contributed by atoms with Crippen molar-refractivity contribution in [3.05, 3.63) is 71.3 Å². The topological polar surface area (TPSA) is 70.5 Å². The summed E-state index contributed by atoms with van der Waals surface area (Å²) in [4.78, 5) is 30.3.